The van der Waals surface area contributed by atoms with Crippen molar-refractivity contribution in [2.45, 2.75) is 13.3 Å². The third-order valence-corrected chi connectivity index (χ3v) is 2.42. The van der Waals surface area contributed by atoms with Crippen LogP contribution in [0.2, 0.25) is 5.15 Å². The molecule has 1 unspecified atom stereocenters. The van der Waals surface area contributed by atoms with Gasteiger partial charge in [-0.2, -0.15) is 0 Å². The Bertz CT molecular complexity index is 366. The molecule has 2 heterocycles. The highest BCUT2D eigenvalue weighted by Crippen LogP contribution is 2.27. The number of hydrogen-bond donors (Lipinski definition) is 1. The molecule has 1 amide bonds. The molecule has 5 heteroatoms. The zero-order chi connectivity index (χ0) is 9.42. The number of nitrogens with one attached hydrogen (secondary N) is 1. The van der Waals surface area contributed by atoms with Crippen molar-refractivity contribution in [3.8, 4) is 0 Å². The Hall–Kier alpha value is -1.16. The second-order valence-corrected chi connectivity index (χ2v) is 3.44. The molecule has 1 aromatic heterocycles. The van der Waals surface area contributed by atoms with Crippen molar-refractivity contribution in [2.75, 3.05) is 5.32 Å². The fourth-order valence-electron chi connectivity index (χ4n) is 1.32. The summed E-state index contributed by atoms with van der Waals surface area (Å²) in [5.41, 5.74) is 0.830. The Morgan fingerprint density at radius 1 is 1.62 bits per heavy atom. The zero-order valence-electron chi connectivity index (χ0n) is 7.04. The second-order valence-electron chi connectivity index (χ2n) is 3.09. The van der Waals surface area contributed by atoms with Gasteiger partial charge in [0.2, 0.25) is 5.91 Å². The third-order valence-electron chi connectivity index (χ3n) is 2.09. The van der Waals surface area contributed by atoms with Gasteiger partial charge in [0.1, 0.15) is 17.3 Å². The van der Waals surface area contributed by atoms with Crippen molar-refractivity contribution >= 4 is 23.3 Å². The Labute approximate surface area is 80.3 Å². The summed E-state index contributed by atoms with van der Waals surface area (Å²) in [4.78, 5) is 19.0. The normalized spacial score (nSPS) is 20.8. The number of amides is 1. The molecule has 2 rings (SSSR count). The maximum absolute atomic E-state index is 11.3. The summed E-state index contributed by atoms with van der Waals surface area (Å²) < 4.78 is 0. The van der Waals surface area contributed by atoms with Gasteiger partial charge in [0, 0.05) is 11.5 Å². The third kappa shape index (κ3) is 1.37. The van der Waals surface area contributed by atoms with Gasteiger partial charge in [-0.15, -0.1) is 0 Å². The lowest BCUT2D eigenvalue weighted by Gasteiger charge is -2.20. The molecule has 0 bridgehead atoms. The van der Waals surface area contributed by atoms with E-state index in [1.807, 2.05) is 6.92 Å². The van der Waals surface area contributed by atoms with Crippen LogP contribution >= 0.6 is 11.6 Å². The predicted molar refractivity (Wildman–Crippen MR) is 48.5 cm³/mol. The van der Waals surface area contributed by atoms with Gasteiger partial charge in [-0.1, -0.05) is 18.5 Å². The maximum Gasteiger partial charge on any atom is 0.228 e. The van der Waals surface area contributed by atoms with Crippen LogP contribution in [-0.2, 0) is 11.2 Å². The number of anilines is 1. The maximum atomic E-state index is 11.3. The highest BCUT2D eigenvalue weighted by atomic mass is 35.5. The van der Waals surface area contributed by atoms with Crippen molar-refractivity contribution in [1.82, 2.24) is 9.97 Å². The first-order valence-electron chi connectivity index (χ1n) is 3.98. The molecule has 0 spiro atoms. The van der Waals surface area contributed by atoms with Crippen molar-refractivity contribution in [1.29, 1.82) is 0 Å². The van der Waals surface area contributed by atoms with Gasteiger partial charge in [0.15, 0.2) is 0 Å². The molecule has 0 saturated heterocycles. The molecular formula is C8H8ClN3O. The van der Waals surface area contributed by atoms with E-state index >= 15 is 0 Å². The number of halogens is 1. The van der Waals surface area contributed by atoms with Crippen molar-refractivity contribution in [3.05, 3.63) is 17.0 Å². The van der Waals surface area contributed by atoms with E-state index < -0.39 is 0 Å². The standard InChI is InChI=1S/C8H8ClN3O/c1-4-2-5-6(9)10-3-11-7(5)12-8(4)13/h3-4H,2H2,1H3,(H,10,11,12,13). The van der Waals surface area contributed by atoms with E-state index in [1.54, 1.807) is 0 Å². The molecule has 1 aromatic rings. The quantitative estimate of drug-likeness (QED) is 0.637. The van der Waals surface area contributed by atoms with Crippen molar-refractivity contribution in [2.24, 2.45) is 5.92 Å². The van der Waals surface area contributed by atoms with Gasteiger partial charge < -0.3 is 5.32 Å². The molecular weight excluding hydrogens is 190 g/mol. The van der Waals surface area contributed by atoms with E-state index in [2.05, 4.69) is 15.3 Å². The summed E-state index contributed by atoms with van der Waals surface area (Å²) in [6.45, 7) is 1.85. The van der Waals surface area contributed by atoms with Crippen LogP contribution in [0.5, 0.6) is 0 Å². The summed E-state index contributed by atoms with van der Waals surface area (Å²) >= 11 is 5.85. The summed E-state index contributed by atoms with van der Waals surface area (Å²) in [5.74, 6) is 0.473. The van der Waals surface area contributed by atoms with E-state index in [0.717, 1.165) is 5.56 Å². The largest absolute Gasteiger partial charge is 0.310 e. The van der Waals surface area contributed by atoms with Crippen LogP contribution in [0.4, 0.5) is 5.82 Å². The molecule has 13 heavy (non-hydrogen) atoms. The van der Waals surface area contributed by atoms with Crippen LogP contribution < -0.4 is 5.32 Å². The molecule has 0 aromatic carbocycles. The first-order valence-corrected chi connectivity index (χ1v) is 4.36. The van der Waals surface area contributed by atoms with Crippen LogP contribution in [-0.4, -0.2) is 15.9 Å². The summed E-state index contributed by atoms with van der Waals surface area (Å²) in [6.07, 6.45) is 1.96. The van der Waals surface area contributed by atoms with Crippen LogP contribution in [0.3, 0.4) is 0 Å². The summed E-state index contributed by atoms with van der Waals surface area (Å²) in [6, 6.07) is 0. The van der Waals surface area contributed by atoms with Crippen molar-refractivity contribution < 1.29 is 4.79 Å². The molecule has 1 aliphatic heterocycles. The molecule has 1 N–H and O–H groups in total. The van der Waals surface area contributed by atoms with E-state index in [4.69, 9.17) is 11.6 Å². The van der Waals surface area contributed by atoms with Gasteiger partial charge in [0.25, 0.3) is 0 Å². The van der Waals surface area contributed by atoms with Gasteiger partial charge in [-0.25, -0.2) is 9.97 Å². The number of rotatable bonds is 0. The fraction of sp³-hybridized carbons (Fsp3) is 0.375. The van der Waals surface area contributed by atoms with Gasteiger partial charge in [-0.3, -0.25) is 4.79 Å². The molecule has 4 nitrogen and oxygen atoms in total. The fourth-order valence-corrected chi connectivity index (χ4v) is 1.53. The van der Waals surface area contributed by atoms with Crippen LogP contribution in [0.1, 0.15) is 12.5 Å². The van der Waals surface area contributed by atoms with E-state index in [-0.39, 0.29) is 11.8 Å². The van der Waals surface area contributed by atoms with E-state index in [1.165, 1.54) is 6.33 Å². The average molecular weight is 198 g/mol. The van der Waals surface area contributed by atoms with Crippen molar-refractivity contribution in [3.63, 3.8) is 0 Å². The minimum absolute atomic E-state index is 0.0118. The Morgan fingerprint density at radius 2 is 2.38 bits per heavy atom. The lowest BCUT2D eigenvalue weighted by atomic mass is 9.98. The molecule has 0 aliphatic carbocycles. The number of hydrogen-bond acceptors (Lipinski definition) is 3. The average Bonchev–Trinajstić information content (AvgIpc) is 2.09. The Morgan fingerprint density at radius 3 is 3.15 bits per heavy atom. The van der Waals surface area contributed by atoms with Gasteiger partial charge in [-0.05, 0) is 6.42 Å². The highest BCUT2D eigenvalue weighted by molar-refractivity contribution is 6.30. The molecule has 0 saturated carbocycles. The van der Waals surface area contributed by atoms with Crippen LogP contribution in [0.25, 0.3) is 0 Å². The van der Waals surface area contributed by atoms with Crippen LogP contribution in [0.15, 0.2) is 6.33 Å². The van der Waals surface area contributed by atoms with Gasteiger partial charge in [0.05, 0.1) is 0 Å². The monoisotopic (exact) mass is 197 g/mol. The Kier molecular flexibility index (Phi) is 1.92. The smallest absolute Gasteiger partial charge is 0.228 e. The zero-order valence-corrected chi connectivity index (χ0v) is 7.80. The number of carbonyl (C=O) groups excluding carboxylic acids is 1. The minimum atomic E-state index is -0.0593. The van der Waals surface area contributed by atoms with E-state index in [0.29, 0.717) is 17.4 Å². The Balaban J connectivity index is 2.48. The topological polar surface area (TPSA) is 54.9 Å². The number of fused-ring (bicyclic) bond motifs is 1. The lowest BCUT2D eigenvalue weighted by Crippen LogP contribution is -2.28. The predicted octanol–water partition coefficient (Wildman–Crippen LogP) is 1.26. The summed E-state index contributed by atoms with van der Waals surface area (Å²) in [7, 11) is 0. The number of carbonyl (C=O) groups is 1. The SMILES string of the molecule is CC1Cc2c(Cl)ncnc2NC1=O. The molecule has 68 valence electrons. The minimum Gasteiger partial charge on any atom is -0.310 e. The first-order chi connectivity index (χ1) is 6.18. The molecule has 1 atom stereocenters. The molecule has 0 radical (unpaired) electrons. The summed E-state index contributed by atoms with van der Waals surface area (Å²) in [5, 5.41) is 3.10. The molecule has 0 fully saturated rings. The molecule has 1 aliphatic rings. The number of aromatic nitrogens is 2. The highest BCUT2D eigenvalue weighted by Gasteiger charge is 2.25. The van der Waals surface area contributed by atoms with Gasteiger partial charge >= 0.3 is 0 Å². The van der Waals surface area contributed by atoms with E-state index in [9.17, 15) is 4.79 Å². The van der Waals surface area contributed by atoms with Crippen LogP contribution in [0, 0.1) is 5.92 Å². The lowest BCUT2D eigenvalue weighted by molar-refractivity contribution is -0.119. The second kappa shape index (κ2) is 2.96. The number of nitrogens with zero attached hydrogens (tertiary/aromatic N) is 2. The first kappa shape index (κ1) is 8.44.